The average molecular weight is 308 g/mol. The topological polar surface area (TPSA) is 73.7 Å². The number of thiophene rings is 1. The van der Waals surface area contributed by atoms with Crippen LogP contribution in [-0.2, 0) is 17.6 Å². The van der Waals surface area contributed by atoms with E-state index in [1.165, 1.54) is 29.1 Å². The maximum absolute atomic E-state index is 12.1. The van der Waals surface area contributed by atoms with Crippen molar-refractivity contribution in [2.45, 2.75) is 38.5 Å². The standard InChI is InChI=1S/C15H20N2O3S/c18-12(9-17-7-3-4-8-17)16-14-13(15(19)20)10-5-1-2-6-11(10)21-14/h1-9H2,(H,16,18)(H,19,20). The molecule has 2 heterocycles. The molecule has 6 heteroatoms. The number of nitrogens with one attached hydrogen (secondary N) is 2. The van der Waals surface area contributed by atoms with Gasteiger partial charge in [-0.3, -0.25) is 4.79 Å². The van der Waals surface area contributed by atoms with Crippen molar-refractivity contribution in [3.63, 3.8) is 0 Å². The maximum Gasteiger partial charge on any atom is 0.280 e. The largest absolute Gasteiger partial charge is 0.545 e. The van der Waals surface area contributed by atoms with Gasteiger partial charge >= 0.3 is 0 Å². The molecule has 0 atom stereocenters. The number of hydrogen-bond donors (Lipinski definition) is 2. The number of quaternary nitrogens is 1. The van der Waals surface area contributed by atoms with E-state index in [2.05, 4.69) is 5.32 Å². The molecule has 0 radical (unpaired) electrons. The molecule has 1 saturated heterocycles. The zero-order chi connectivity index (χ0) is 14.8. The third-order valence-electron chi connectivity index (χ3n) is 4.35. The van der Waals surface area contributed by atoms with Gasteiger partial charge in [-0.05, 0) is 31.2 Å². The molecule has 114 valence electrons. The highest BCUT2D eigenvalue weighted by atomic mass is 32.1. The number of carboxylic acid groups (broad SMARTS) is 1. The Balaban J connectivity index is 1.76. The minimum Gasteiger partial charge on any atom is -0.545 e. The molecular weight excluding hydrogens is 288 g/mol. The second-order valence-corrected chi connectivity index (χ2v) is 6.99. The van der Waals surface area contributed by atoms with Crippen LogP contribution in [0.3, 0.4) is 0 Å². The van der Waals surface area contributed by atoms with Gasteiger partial charge in [0.1, 0.15) is 5.00 Å². The Hall–Kier alpha value is -1.40. The van der Waals surface area contributed by atoms with Crippen molar-refractivity contribution in [2.24, 2.45) is 0 Å². The minimum absolute atomic E-state index is 0.0898. The van der Waals surface area contributed by atoms with E-state index >= 15 is 0 Å². The van der Waals surface area contributed by atoms with E-state index in [9.17, 15) is 14.7 Å². The third kappa shape index (κ3) is 3.11. The van der Waals surface area contributed by atoms with Gasteiger partial charge in [0.15, 0.2) is 6.54 Å². The van der Waals surface area contributed by atoms with Crippen LogP contribution in [0.1, 0.15) is 46.5 Å². The Bertz CT molecular complexity index is 562. The molecule has 0 spiro atoms. The summed E-state index contributed by atoms with van der Waals surface area (Å²) < 4.78 is 0. The van der Waals surface area contributed by atoms with Gasteiger partial charge in [0.25, 0.3) is 5.91 Å². The average Bonchev–Trinajstić information content (AvgIpc) is 3.04. The molecule has 1 amide bonds. The molecule has 0 unspecified atom stereocenters. The highest BCUT2D eigenvalue weighted by Gasteiger charge is 2.24. The quantitative estimate of drug-likeness (QED) is 0.795. The van der Waals surface area contributed by atoms with Crippen molar-refractivity contribution in [2.75, 3.05) is 25.0 Å². The van der Waals surface area contributed by atoms with Gasteiger partial charge in [-0.1, -0.05) is 0 Å². The fraction of sp³-hybridized carbons (Fsp3) is 0.600. The summed E-state index contributed by atoms with van der Waals surface area (Å²) in [5.74, 6) is -1.26. The van der Waals surface area contributed by atoms with E-state index in [0.29, 0.717) is 11.5 Å². The lowest BCUT2D eigenvalue weighted by molar-refractivity contribution is -0.878. The minimum atomic E-state index is -1.17. The first-order valence-electron chi connectivity index (χ1n) is 7.64. The molecule has 1 fully saturated rings. The number of rotatable bonds is 4. The molecule has 2 N–H and O–H groups in total. The van der Waals surface area contributed by atoms with E-state index in [4.69, 9.17) is 0 Å². The molecule has 1 aliphatic heterocycles. The Morgan fingerprint density at radius 2 is 1.86 bits per heavy atom. The molecule has 2 aliphatic rings. The first-order valence-corrected chi connectivity index (χ1v) is 8.46. The molecule has 5 nitrogen and oxygen atoms in total. The van der Waals surface area contributed by atoms with Crippen LogP contribution in [0.15, 0.2) is 0 Å². The summed E-state index contributed by atoms with van der Waals surface area (Å²) >= 11 is 1.41. The lowest BCUT2D eigenvalue weighted by Crippen LogP contribution is -3.11. The van der Waals surface area contributed by atoms with Gasteiger partial charge in [0.2, 0.25) is 0 Å². The second-order valence-electron chi connectivity index (χ2n) is 5.88. The number of carbonyl (C=O) groups excluding carboxylic acids is 2. The zero-order valence-corrected chi connectivity index (χ0v) is 12.8. The van der Waals surface area contributed by atoms with Crippen molar-refractivity contribution < 1.29 is 19.6 Å². The zero-order valence-electron chi connectivity index (χ0n) is 12.0. The van der Waals surface area contributed by atoms with Gasteiger partial charge in [0.05, 0.1) is 19.1 Å². The summed E-state index contributed by atoms with van der Waals surface area (Å²) in [5.41, 5.74) is 1.11. The molecule has 3 rings (SSSR count). The number of amides is 1. The monoisotopic (exact) mass is 308 g/mol. The molecule has 0 bridgehead atoms. The predicted molar refractivity (Wildman–Crippen MR) is 78.7 cm³/mol. The SMILES string of the molecule is O=C(C[NH+]1CCCC1)Nc1sc2c(c1C(=O)[O-])CCCC2. The molecule has 0 aromatic carbocycles. The Morgan fingerprint density at radius 3 is 2.57 bits per heavy atom. The predicted octanol–water partition coefficient (Wildman–Crippen LogP) is -0.392. The smallest absolute Gasteiger partial charge is 0.280 e. The summed E-state index contributed by atoms with van der Waals surface area (Å²) in [6.45, 7) is 2.48. The number of carboxylic acids is 1. The van der Waals surface area contributed by atoms with Crippen LogP contribution in [-0.4, -0.2) is 31.5 Å². The van der Waals surface area contributed by atoms with Crippen LogP contribution in [0.25, 0.3) is 0 Å². The van der Waals surface area contributed by atoms with Gasteiger partial charge in [-0.15, -0.1) is 11.3 Å². The summed E-state index contributed by atoms with van der Waals surface area (Å²) in [6, 6.07) is 0. The molecule has 1 aliphatic carbocycles. The third-order valence-corrected chi connectivity index (χ3v) is 5.56. The number of aryl methyl sites for hydroxylation is 1. The summed E-state index contributed by atoms with van der Waals surface area (Å²) in [4.78, 5) is 25.9. The fourth-order valence-electron chi connectivity index (χ4n) is 3.32. The number of aromatic carboxylic acids is 1. The number of likely N-dealkylation sites (tertiary alicyclic amines) is 1. The summed E-state index contributed by atoms with van der Waals surface area (Å²) in [6.07, 6.45) is 6.12. The first kappa shape index (κ1) is 14.5. The van der Waals surface area contributed by atoms with Crippen LogP contribution >= 0.6 is 11.3 Å². The van der Waals surface area contributed by atoms with Crippen LogP contribution in [0.4, 0.5) is 5.00 Å². The van der Waals surface area contributed by atoms with Crippen LogP contribution in [0.2, 0.25) is 0 Å². The Kier molecular flexibility index (Phi) is 4.26. The lowest BCUT2D eigenvalue weighted by atomic mass is 9.95. The molecule has 1 aromatic heterocycles. The summed E-state index contributed by atoms with van der Waals surface area (Å²) in [7, 11) is 0. The number of carbonyl (C=O) groups is 2. The normalized spacial score (nSPS) is 18.5. The number of hydrogen-bond acceptors (Lipinski definition) is 4. The van der Waals surface area contributed by atoms with E-state index in [1.807, 2.05) is 0 Å². The van der Waals surface area contributed by atoms with Crippen molar-refractivity contribution in [3.8, 4) is 0 Å². The molecule has 1 aromatic rings. The van der Waals surface area contributed by atoms with E-state index in [1.54, 1.807) is 0 Å². The van der Waals surface area contributed by atoms with Gasteiger partial charge in [-0.2, -0.15) is 0 Å². The number of fused-ring (bicyclic) bond motifs is 1. The van der Waals surface area contributed by atoms with E-state index in [-0.39, 0.29) is 11.5 Å². The van der Waals surface area contributed by atoms with Gasteiger partial charge in [0, 0.05) is 23.3 Å². The van der Waals surface area contributed by atoms with Crippen LogP contribution in [0, 0.1) is 0 Å². The lowest BCUT2D eigenvalue weighted by Gasteiger charge is -2.14. The van der Waals surface area contributed by atoms with Gasteiger partial charge < -0.3 is 20.1 Å². The fourth-order valence-corrected chi connectivity index (χ4v) is 4.61. The highest BCUT2D eigenvalue weighted by Crippen LogP contribution is 2.37. The number of anilines is 1. The maximum atomic E-state index is 12.1. The van der Waals surface area contributed by atoms with Crippen molar-refractivity contribution in [1.82, 2.24) is 0 Å². The van der Waals surface area contributed by atoms with Crippen molar-refractivity contribution in [3.05, 3.63) is 16.0 Å². The van der Waals surface area contributed by atoms with Gasteiger partial charge in [-0.25, -0.2) is 0 Å². The Labute approximate surface area is 128 Å². The van der Waals surface area contributed by atoms with Crippen molar-refractivity contribution in [1.29, 1.82) is 0 Å². The first-order chi connectivity index (χ1) is 10.1. The molecular formula is C15H20N2O3S. The second kappa shape index (κ2) is 6.15. The molecule has 0 saturated carbocycles. The Morgan fingerprint density at radius 1 is 1.14 bits per heavy atom. The van der Waals surface area contributed by atoms with Crippen LogP contribution < -0.4 is 15.3 Å². The van der Waals surface area contributed by atoms with E-state index < -0.39 is 5.97 Å². The summed E-state index contributed by atoms with van der Waals surface area (Å²) in [5, 5.41) is 14.7. The highest BCUT2D eigenvalue weighted by molar-refractivity contribution is 7.17. The van der Waals surface area contributed by atoms with Crippen molar-refractivity contribution >= 4 is 28.2 Å². The van der Waals surface area contributed by atoms with Crippen LogP contribution in [0.5, 0.6) is 0 Å². The van der Waals surface area contributed by atoms with E-state index in [0.717, 1.165) is 49.2 Å². The molecule has 21 heavy (non-hydrogen) atoms.